The second-order valence-electron chi connectivity index (χ2n) is 8.66. The van der Waals surface area contributed by atoms with Crippen molar-refractivity contribution in [2.24, 2.45) is 0 Å². The van der Waals surface area contributed by atoms with E-state index in [1.165, 1.54) is 13.0 Å². The van der Waals surface area contributed by atoms with Crippen LogP contribution in [0, 0.1) is 0 Å². The van der Waals surface area contributed by atoms with E-state index >= 15 is 0 Å². The van der Waals surface area contributed by atoms with Crippen molar-refractivity contribution < 1.29 is 65.3 Å². The summed E-state index contributed by atoms with van der Waals surface area (Å²) in [6.45, 7) is -0.483. The first kappa shape index (κ1) is 26.8. The Morgan fingerprint density at radius 1 is 1.00 bits per heavy atom. The summed E-state index contributed by atoms with van der Waals surface area (Å²) in [6.07, 6.45) is -13.6. The smallest absolute Gasteiger partial charge is 0.218 e. The van der Waals surface area contributed by atoms with Crippen LogP contribution in [-0.4, -0.2) is 150 Å². The van der Waals surface area contributed by atoms with Gasteiger partial charge in [-0.3, -0.25) is 0 Å². The quantitative estimate of drug-likeness (QED) is 0.157. The maximum atomic E-state index is 10.7. The van der Waals surface area contributed by atoms with E-state index in [1.807, 2.05) is 0 Å². The molecule has 2 heterocycles. The van der Waals surface area contributed by atoms with Crippen LogP contribution in [0.1, 0.15) is 6.92 Å². The van der Waals surface area contributed by atoms with Gasteiger partial charge in [-0.25, -0.2) is 0 Å². The fourth-order valence-electron chi connectivity index (χ4n) is 4.25. The molecular formula is C19H33NO13. The van der Waals surface area contributed by atoms with E-state index in [1.54, 1.807) is 0 Å². The molecule has 2 saturated heterocycles. The molecule has 3 aliphatic rings. The molecule has 0 aromatic carbocycles. The maximum Gasteiger partial charge on any atom is 0.218 e. The molecule has 0 aromatic rings. The SMILES string of the molecule is CC1OC(OC2COC(O)(CO)C(O)C2O)C(O)C(O)C1NC1C=C(CO)C(O)C(O)C1O. The standard InChI is InChI=1S/C19H33NO13/c1-6-10(20-8-2-7(3-21)11(23)15(27)12(8)24)14(26)16(28)18(32-6)33-9-4-31-19(30,5-22)17(29)13(9)25/h2,6,8-18,20-30H,3-5H2,1H3. The lowest BCUT2D eigenvalue weighted by molar-refractivity contribution is -0.361. The molecule has 1 aliphatic carbocycles. The van der Waals surface area contributed by atoms with Gasteiger partial charge in [-0.2, -0.15) is 0 Å². The molecule has 13 unspecified atom stereocenters. The summed E-state index contributed by atoms with van der Waals surface area (Å²) in [4.78, 5) is 0. The molecule has 2 fully saturated rings. The number of rotatable bonds is 6. The number of hydrogen-bond donors (Lipinski definition) is 11. The predicted molar refractivity (Wildman–Crippen MR) is 105 cm³/mol. The van der Waals surface area contributed by atoms with Crippen molar-refractivity contribution in [1.82, 2.24) is 5.32 Å². The second kappa shape index (κ2) is 10.4. The minimum Gasteiger partial charge on any atom is -0.392 e. The number of hydrogen-bond acceptors (Lipinski definition) is 14. The van der Waals surface area contributed by atoms with Gasteiger partial charge in [0.25, 0.3) is 0 Å². The summed E-state index contributed by atoms with van der Waals surface area (Å²) in [5.41, 5.74) is 0.0682. The van der Waals surface area contributed by atoms with Crippen molar-refractivity contribution in [2.45, 2.75) is 86.0 Å². The fourth-order valence-corrected chi connectivity index (χ4v) is 4.25. The molecule has 192 valence electrons. The van der Waals surface area contributed by atoms with E-state index in [2.05, 4.69) is 5.32 Å². The third kappa shape index (κ3) is 5.10. The Labute approximate surface area is 188 Å². The number of nitrogens with one attached hydrogen (secondary N) is 1. The minimum absolute atomic E-state index is 0.0682. The summed E-state index contributed by atoms with van der Waals surface area (Å²) in [5.74, 6) is -2.38. The van der Waals surface area contributed by atoms with Crippen LogP contribution in [0.3, 0.4) is 0 Å². The van der Waals surface area contributed by atoms with E-state index in [4.69, 9.17) is 19.3 Å². The summed E-state index contributed by atoms with van der Waals surface area (Å²) in [7, 11) is 0. The first-order valence-corrected chi connectivity index (χ1v) is 10.6. The van der Waals surface area contributed by atoms with Gasteiger partial charge in [0, 0.05) is 0 Å². The largest absolute Gasteiger partial charge is 0.392 e. The predicted octanol–water partition coefficient (Wildman–Crippen LogP) is -6.39. The van der Waals surface area contributed by atoms with Gasteiger partial charge in [0.1, 0.15) is 48.8 Å². The van der Waals surface area contributed by atoms with Gasteiger partial charge in [0.15, 0.2) is 6.29 Å². The summed E-state index contributed by atoms with van der Waals surface area (Å²) in [5, 5.41) is 103. The van der Waals surface area contributed by atoms with Gasteiger partial charge in [-0.05, 0) is 12.5 Å². The summed E-state index contributed by atoms with van der Waals surface area (Å²) in [6, 6.07) is -1.99. The van der Waals surface area contributed by atoms with Crippen LogP contribution in [-0.2, 0) is 14.2 Å². The second-order valence-corrected chi connectivity index (χ2v) is 8.66. The van der Waals surface area contributed by atoms with E-state index < -0.39 is 98.9 Å². The van der Waals surface area contributed by atoms with Gasteiger partial charge < -0.3 is 70.6 Å². The Hall–Kier alpha value is -0.820. The van der Waals surface area contributed by atoms with Gasteiger partial charge in [0.2, 0.25) is 5.79 Å². The Morgan fingerprint density at radius 3 is 2.27 bits per heavy atom. The molecule has 2 aliphatic heterocycles. The number of aliphatic hydroxyl groups is 10. The van der Waals surface area contributed by atoms with Crippen LogP contribution in [0.2, 0.25) is 0 Å². The van der Waals surface area contributed by atoms with Gasteiger partial charge in [0.05, 0.1) is 38.0 Å². The normalized spacial score (nSPS) is 51.3. The molecule has 0 radical (unpaired) electrons. The van der Waals surface area contributed by atoms with Crippen LogP contribution in [0.25, 0.3) is 0 Å². The van der Waals surface area contributed by atoms with Crippen molar-refractivity contribution in [3.05, 3.63) is 11.6 Å². The Morgan fingerprint density at radius 2 is 1.67 bits per heavy atom. The van der Waals surface area contributed by atoms with Crippen LogP contribution in [0.4, 0.5) is 0 Å². The monoisotopic (exact) mass is 483 g/mol. The van der Waals surface area contributed by atoms with Crippen LogP contribution >= 0.6 is 0 Å². The van der Waals surface area contributed by atoms with E-state index in [9.17, 15) is 46.0 Å². The van der Waals surface area contributed by atoms with Crippen molar-refractivity contribution in [1.29, 1.82) is 0 Å². The van der Waals surface area contributed by atoms with Crippen LogP contribution in [0.15, 0.2) is 11.6 Å². The average Bonchev–Trinajstić information content (AvgIpc) is 2.80. The molecular weight excluding hydrogens is 450 g/mol. The Bertz CT molecular complexity index is 697. The molecule has 33 heavy (non-hydrogen) atoms. The molecule has 0 saturated carbocycles. The third-order valence-electron chi connectivity index (χ3n) is 6.43. The Kier molecular flexibility index (Phi) is 8.46. The van der Waals surface area contributed by atoms with Crippen LogP contribution < -0.4 is 5.32 Å². The van der Waals surface area contributed by atoms with E-state index in [0.29, 0.717) is 0 Å². The Balaban J connectivity index is 1.66. The van der Waals surface area contributed by atoms with E-state index in [0.717, 1.165) is 0 Å². The molecule has 14 nitrogen and oxygen atoms in total. The molecule has 0 bridgehead atoms. The third-order valence-corrected chi connectivity index (χ3v) is 6.43. The zero-order valence-electron chi connectivity index (χ0n) is 17.8. The highest BCUT2D eigenvalue weighted by Crippen LogP contribution is 2.30. The van der Waals surface area contributed by atoms with Crippen molar-refractivity contribution in [3.63, 3.8) is 0 Å². The highest BCUT2D eigenvalue weighted by molar-refractivity contribution is 5.22. The lowest BCUT2D eigenvalue weighted by Gasteiger charge is -2.47. The van der Waals surface area contributed by atoms with Crippen LogP contribution in [0.5, 0.6) is 0 Å². The maximum absolute atomic E-state index is 10.7. The zero-order chi connectivity index (χ0) is 24.7. The molecule has 14 heteroatoms. The number of aliphatic hydroxyl groups excluding tert-OH is 9. The van der Waals surface area contributed by atoms with Crippen molar-refractivity contribution in [3.8, 4) is 0 Å². The molecule has 3 rings (SSSR count). The molecule has 13 atom stereocenters. The van der Waals surface area contributed by atoms with Gasteiger partial charge in [-0.1, -0.05) is 6.08 Å². The lowest BCUT2D eigenvalue weighted by atomic mass is 9.86. The minimum atomic E-state index is -2.38. The average molecular weight is 483 g/mol. The van der Waals surface area contributed by atoms with Gasteiger partial charge in [-0.15, -0.1) is 0 Å². The molecule has 11 N–H and O–H groups in total. The fraction of sp³-hybridized carbons (Fsp3) is 0.895. The molecule has 0 spiro atoms. The zero-order valence-corrected chi connectivity index (χ0v) is 17.8. The van der Waals surface area contributed by atoms with E-state index in [-0.39, 0.29) is 5.57 Å². The van der Waals surface area contributed by atoms with Crippen molar-refractivity contribution in [2.75, 3.05) is 19.8 Å². The first-order valence-electron chi connectivity index (χ1n) is 10.6. The highest BCUT2D eigenvalue weighted by atomic mass is 16.7. The molecule has 0 amide bonds. The lowest BCUT2D eigenvalue weighted by Crippen LogP contribution is -2.68. The van der Waals surface area contributed by atoms with Gasteiger partial charge >= 0.3 is 0 Å². The number of ether oxygens (including phenoxy) is 3. The summed E-state index contributed by atoms with van der Waals surface area (Å²) < 4.78 is 16.1. The summed E-state index contributed by atoms with van der Waals surface area (Å²) >= 11 is 0. The topological polar surface area (TPSA) is 242 Å². The molecule has 0 aromatic heterocycles. The first-order chi connectivity index (χ1) is 15.4. The van der Waals surface area contributed by atoms with Crippen molar-refractivity contribution >= 4 is 0 Å². The highest BCUT2D eigenvalue weighted by Gasteiger charge is 2.52.